The van der Waals surface area contributed by atoms with Gasteiger partial charge in [-0.3, -0.25) is 13.8 Å². The Morgan fingerprint density at radius 1 is 1.23 bits per heavy atom. The van der Waals surface area contributed by atoms with E-state index in [1.807, 2.05) is 6.92 Å². The summed E-state index contributed by atoms with van der Waals surface area (Å²) in [6, 6.07) is 6.92. The standard InChI is InChI=1S/C16H21NO4S/c1-2-22(21)14-6-4-3-5-13(14)15(18)17-12-9-7-11(8-10-12)16(19)20/h3-6,11-12H,2,7-10H2,1H3,(H,17,18)(H,19,20). The van der Waals surface area contributed by atoms with E-state index in [0.29, 0.717) is 41.9 Å². The molecule has 1 atom stereocenters. The molecular weight excluding hydrogens is 302 g/mol. The third-order valence-corrected chi connectivity index (χ3v) is 5.42. The van der Waals surface area contributed by atoms with Crippen LogP contribution >= 0.6 is 0 Å². The first-order valence-corrected chi connectivity index (χ1v) is 8.86. The predicted octanol–water partition coefficient (Wildman–Crippen LogP) is 2.19. The minimum Gasteiger partial charge on any atom is -0.481 e. The highest BCUT2D eigenvalue weighted by molar-refractivity contribution is 7.85. The molecule has 22 heavy (non-hydrogen) atoms. The van der Waals surface area contributed by atoms with Crippen LogP contribution in [0.2, 0.25) is 0 Å². The van der Waals surface area contributed by atoms with Crippen LogP contribution in [0.3, 0.4) is 0 Å². The summed E-state index contributed by atoms with van der Waals surface area (Å²) in [7, 11) is -1.18. The molecule has 1 fully saturated rings. The maximum Gasteiger partial charge on any atom is 0.306 e. The number of carboxylic acid groups (broad SMARTS) is 1. The van der Waals surface area contributed by atoms with E-state index >= 15 is 0 Å². The Labute approximate surface area is 132 Å². The van der Waals surface area contributed by atoms with Crippen molar-refractivity contribution in [2.75, 3.05) is 5.75 Å². The molecule has 1 aromatic carbocycles. The average molecular weight is 323 g/mol. The lowest BCUT2D eigenvalue weighted by Crippen LogP contribution is -2.39. The number of nitrogens with one attached hydrogen (secondary N) is 1. The Balaban J connectivity index is 2.02. The number of rotatable bonds is 5. The van der Waals surface area contributed by atoms with E-state index < -0.39 is 16.8 Å². The molecule has 5 nitrogen and oxygen atoms in total. The molecule has 1 amide bonds. The number of hydrogen-bond donors (Lipinski definition) is 2. The van der Waals surface area contributed by atoms with Crippen LogP contribution < -0.4 is 5.32 Å². The fourth-order valence-corrected chi connectivity index (χ4v) is 3.70. The van der Waals surface area contributed by atoms with E-state index in [1.165, 1.54) is 0 Å². The molecule has 0 heterocycles. The van der Waals surface area contributed by atoms with Crippen LogP contribution in [0.1, 0.15) is 43.0 Å². The van der Waals surface area contributed by atoms with Crippen molar-refractivity contribution in [1.82, 2.24) is 5.32 Å². The molecule has 0 bridgehead atoms. The SMILES string of the molecule is CCS(=O)c1ccccc1C(=O)NC1CCC(C(=O)O)CC1. The lowest BCUT2D eigenvalue weighted by atomic mass is 9.86. The van der Waals surface area contributed by atoms with Crippen LogP contribution in [0.15, 0.2) is 29.2 Å². The van der Waals surface area contributed by atoms with Gasteiger partial charge in [0.25, 0.3) is 5.91 Å². The van der Waals surface area contributed by atoms with Crippen LogP contribution in [0.4, 0.5) is 0 Å². The summed E-state index contributed by atoms with van der Waals surface area (Å²) in [4.78, 5) is 23.9. The molecule has 1 aliphatic carbocycles. The van der Waals surface area contributed by atoms with E-state index in [4.69, 9.17) is 5.11 Å². The third kappa shape index (κ3) is 3.94. The van der Waals surface area contributed by atoms with Gasteiger partial charge in [-0.2, -0.15) is 0 Å². The summed E-state index contributed by atoms with van der Waals surface area (Å²) >= 11 is 0. The maximum atomic E-state index is 12.4. The fraction of sp³-hybridized carbons (Fsp3) is 0.500. The third-order valence-electron chi connectivity index (χ3n) is 4.05. The first-order chi connectivity index (χ1) is 10.5. The van der Waals surface area contributed by atoms with Crippen molar-refractivity contribution >= 4 is 22.7 Å². The summed E-state index contributed by atoms with van der Waals surface area (Å²) in [5.41, 5.74) is 0.447. The average Bonchev–Trinajstić information content (AvgIpc) is 2.54. The van der Waals surface area contributed by atoms with Crippen LogP contribution in [-0.2, 0) is 15.6 Å². The van der Waals surface area contributed by atoms with Gasteiger partial charge in [0, 0.05) is 11.8 Å². The summed E-state index contributed by atoms with van der Waals surface area (Å²) in [6.45, 7) is 1.82. The van der Waals surface area contributed by atoms with Crippen molar-refractivity contribution in [2.24, 2.45) is 5.92 Å². The van der Waals surface area contributed by atoms with Crippen molar-refractivity contribution in [3.8, 4) is 0 Å². The van der Waals surface area contributed by atoms with Gasteiger partial charge in [-0.1, -0.05) is 19.1 Å². The van der Waals surface area contributed by atoms with Gasteiger partial charge in [-0.15, -0.1) is 0 Å². The lowest BCUT2D eigenvalue weighted by Gasteiger charge is -2.27. The molecule has 0 radical (unpaired) electrons. The quantitative estimate of drug-likeness (QED) is 0.870. The van der Waals surface area contributed by atoms with Gasteiger partial charge >= 0.3 is 5.97 Å². The van der Waals surface area contributed by atoms with E-state index in [1.54, 1.807) is 24.3 Å². The molecule has 0 aromatic heterocycles. The second-order valence-electron chi connectivity index (χ2n) is 5.49. The van der Waals surface area contributed by atoms with Crippen LogP contribution in [0, 0.1) is 5.92 Å². The fourth-order valence-electron chi connectivity index (χ4n) is 2.76. The number of benzene rings is 1. The van der Waals surface area contributed by atoms with Gasteiger partial charge in [-0.25, -0.2) is 0 Å². The highest BCUT2D eigenvalue weighted by Gasteiger charge is 2.27. The number of aliphatic carboxylic acids is 1. The van der Waals surface area contributed by atoms with Crippen LogP contribution in [0.5, 0.6) is 0 Å². The zero-order chi connectivity index (χ0) is 16.1. The molecule has 120 valence electrons. The highest BCUT2D eigenvalue weighted by Crippen LogP contribution is 2.25. The predicted molar refractivity (Wildman–Crippen MR) is 84.2 cm³/mol. The topological polar surface area (TPSA) is 83.5 Å². The largest absolute Gasteiger partial charge is 0.481 e. The van der Waals surface area contributed by atoms with E-state index in [0.717, 1.165) is 0 Å². The molecule has 1 aliphatic rings. The Kier molecular flexibility index (Phi) is 5.71. The van der Waals surface area contributed by atoms with Crippen molar-refractivity contribution < 1.29 is 18.9 Å². The van der Waals surface area contributed by atoms with Crippen molar-refractivity contribution in [1.29, 1.82) is 0 Å². The second kappa shape index (κ2) is 7.54. The first kappa shape index (κ1) is 16.7. The number of carboxylic acids is 1. The van der Waals surface area contributed by atoms with Gasteiger partial charge in [0.2, 0.25) is 0 Å². The molecule has 2 rings (SSSR count). The number of amides is 1. The van der Waals surface area contributed by atoms with Gasteiger partial charge in [0.05, 0.1) is 27.2 Å². The Bertz CT molecular complexity index is 579. The van der Waals surface area contributed by atoms with Gasteiger partial charge in [0.15, 0.2) is 0 Å². The normalized spacial score (nSPS) is 22.8. The Morgan fingerprint density at radius 2 is 1.86 bits per heavy atom. The van der Waals surface area contributed by atoms with Crippen molar-refractivity contribution in [3.05, 3.63) is 29.8 Å². The number of carbonyl (C=O) groups is 2. The molecule has 1 saturated carbocycles. The molecule has 0 spiro atoms. The smallest absolute Gasteiger partial charge is 0.306 e. The molecule has 6 heteroatoms. The summed E-state index contributed by atoms with van der Waals surface area (Å²) in [5, 5.41) is 11.9. The monoisotopic (exact) mass is 323 g/mol. The van der Waals surface area contributed by atoms with E-state index in [-0.39, 0.29) is 17.9 Å². The van der Waals surface area contributed by atoms with Gasteiger partial charge < -0.3 is 10.4 Å². The zero-order valence-corrected chi connectivity index (χ0v) is 13.4. The summed E-state index contributed by atoms with van der Waals surface area (Å²) < 4.78 is 12.0. The van der Waals surface area contributed by atoms with Crippen LogP contribution in [0.25, 0.3) is 0 Å². The summed E-state index contributed by atoms with van der Waals surface area (Å²) in [5.74, 6) is -0.814. The molecule has 2 N–H and O–H groups in total. The first-order valence-electron chi connectivity index (χ1n) is 7.54. The molecular formula is C16H21NO4S. The van der Waals surface area contributed by atoms with Gasteiger partial charge in [0.1, 0.15) is 0 Å². The highest BCUT2D eigenvalue weighted by atomic mass is 32.2. The maximum absolute atomic E-state index is 12.4. The van der Waals surface area contributed by atoms with E-state index in [2.05, 4.69) is 5.32 Å². The van der Waals surface area contributed by atoms with E-state index in [9.17, 15) is 13.8 Å². The van der Waals surface area contributed by atoms with Crippen LogP contribution in [-0.4, -0.2) is 33.0 Å². The lowest BCUT2D eigenvalue weighted by molar-refractivity contribution is -0.142. The molecule has 1 unspecified atom stereocenters. The Morgan fingerprint density at radius 3 is 2.45 bits per heavy atom. The molecule has 0 saturated heterocycles. The van der Waals surface area contributed by atoms with Crippen molar-refractivity contribution in [2.45, 2.75) is 43.5 Å². The minimum atomic E-state index is -1.18. The number of carbonyl (C=O) groups excluding carboxylic acids is 1. The Hall–Kier alpha value is -1.69. The zero-order valence-electron chi connectivity index (χ0n) is 12.6. The minimum absolute atomic E-state index is 0.00813. The van der Waals surface area contributed by atoms with Crippen molar-refractivity contribution in [3.63, 3.8) is 0 Å². The summed E-state index contributed by atoms with van der Waals surface area (Å²) in [6.07, 6.45) is 2.51. The molecule has 0 aliphatic heterocycles. The number of hydrogen-bond acceptors (Lipinski definition) is 3. The second-order valence-corrected chi connectivity index (χ2v) is 7.20. The van der Waals surface area contributed by atoms with Gasteiger partial charge in [-0.05, 0) is 37.8 Å². The molecule has 1 aromatic rings.